The fraction of sp³-hybridized carbons (Fsp3) is 0.105. The molecule has 1 heterocycles. The first-order valence-electron chi connectivity index (χ1n) is 8.22. The lowest BCUT2D eigenvalue weighted by molar-refractivity contribution is -0.584. The van der Waals surface area contributed by atoms with Crippen molar-refractivity contribution in [2.45, 2.75) is 13.1 Å². The number of amides is 1. The van der Waals surface area contributed by atoms with E-state index in [4.69, 9.17) is 16.2 Å². The molecule has 0 radical (unpaired) electrons. The maximum atomic E-state index is 13.5. The number of aromatic nitrogens is 1. The van der Waals surface area contributed by atoms with E-state index < -0.39 is 29.4 Å². The van der Waals surface area contributed by atoms with Crippen molar-refractivity contribution in [2.24, 2.45) is 16.5 Å². The van der Waals surface area contributed by atoms with E-state index in [0.29, 0.717) is 27.4 Å². The van der Waals surface area contributed by atoms with Gasteiger partial charge in [0.2, 0.25) is 5.52 Å². The van der Waals surface area contributed by atoms with Gasteiger partial charge in [0, 0.05) is 24.6 Å². The van der Waals surface area contributed by atoms with Crippen LogP contribution in [-0.4, -0.2) is 11.9 Å². The smallest absolute Gasteiger partial charge is 0.420 e. The Morgan fingerprint density at radius 2 is 1.80 bits per heavy atom. The topological polar surface area (TPSA) is 118 Å². The Labute approximate surface area is 174 Å². The van der Waals surface area contributed by atoms with E-state index in [9.17, 15) is 23.2 Å². The number of alkyl halides is 3. The first kappa shape index (κ1) is 22.8. The molecule has 3 aromatic rings. The normalized spacial score (nSPS) is 10.9. The number of carbonyl (C=O) groups is 1. The Morgan fingerprint density at radius 3 is 2.43 bits per heavy atom. The Balaban J connectivity index is 0.00000320. The van der Waals surface area contributed by atoms with Crippen LogP contribution in [-0.2, 0) is 6.18 Å². The molecule has 0 saturated heterocycles. The fourth-order valence-corrected chi connectivity index (χ4v) is 2.66. The minimum absolute atomic E-state index is 0. The van der Waals surface area contributed by atoms with E-state index in [1.165, 1.54) is 18.2 Å². The maximum absolute atomic E-state index is 13.5. The monoisotopic (exact) mass is 440 g/mol. The summed E-state index contributed by atoms with van der Waals surface area (Å²) in [4.78, 5) is 15.0. The number of rotatable bonds is 3. The maximum Gasteiger partial charge on any atom is 0.420 e. The summed E-state index contributed by atoms with van der Waals surface area (Å²) in [5.74, 6) is -2.00. The van der Waals surface area contributed by atoms with E-state index >= 15 is 0 Å². The van der Waals surface area contributed by atoms with Gasteiger partial charge < -0.3 is 21.4 Å². The molecule has 2 aromatic carbocycles. The lowest BCUT2D eigenvalue weighted by Crippen LogP contribution is -2.30. The molecular weight excluding hydrogens is 425 g/mol. The third kappa shape index (κ3) is 4.71. The van der Waals surface area contributed by atoms with Gasteiger partial charge in [-0.1, -0.05) is 0 Å². The number of nitrogens with zero attached hydrogens (tertiary/aromatic N) is 2. The van der Waals surface area contributed by atoms with Crippen molar-refractivity contribution >= 4 is 35.2 Å². The highest BCUT2D eigenvalue weighted by Gasteiger charge is 2.35. The predicted molar refractivity (Wildman–Crippen MR) is 107 cm³/mol. The zero-order valence-corrected chi connectivity index (χ0v) is 16.3. The Hall–Kier alpha value is -3.53. The van der Waals surface area contributed by atoms with E-state index in [1.807, 2.05) is 0 Å². The van der Waals surface area contributed by atoms with Crippen LogP contribution in [0.1, 0.15) is 21.6 Å². The van der Waals surface area contributed by atoms with Crippen molar-refractivity contribution in [1.82, 2.24) is 0 Å². The predicted octanol–water partition coefficient (Wildman–Crippen LogP) is 3.43. The summed E-state index contributed by atoms with van der Waals surface area (Å²) in [5, 5.41) is 12.5. The number of ether oxygens (including phenoxy) is 1. The zero-order chi connectivity index (χ0) is 21.3. The summed E-state index contributed by atoms with van der Waals surface area (Å²) in [6, 6.07) is 10.3. The Morgan fingerprint density at radius 1 is 1.10 bits per heavy atom. The second-order valence-corrected chi connectivity index (χ2v) is 6.14. The van der Waals surface area contributed by atoms with Crippen molar-refractivity contribution in [2.75, 3.05) is 0 Å². The van der Waals surface area contributed by atoms with E-state index in [0.717, 1.165) is 12.1 Å². The van der Waals surface area contributed by atoms with Crippen LogP contribution >= 0.6 is 12.4 Å². The van der Waals surface area contributed by atoms with Crippen LogP contribution < -0.4 is 20.9 Å². The standard InChI is InChI=1S/C19H15F3N4O3.ClH/c1-10-2-3-11-8-13(5-6-15(11)26(10)28)29-16-7-4-12(17(27)25-18(23)24)9-14(16)19(20,21)22;/h2-9H,1H3,(H4,23,24,25,27);1H. The largest absolute Gasteiger partial charge is 0.618 e. The number of benzene rings is 2. The number of carbonyl (C=O) groups excluding carboxylic acids is 1. The second kappa shape index (κ2) is 8.46. The minimum atomic E-state index is -4.80. The molecule has 0 bridgehead atoms. The number of guanidine groups is 1. The third-order valence-corrected chi connectivity index (χ3v) is 4.03. The SMILES string of the molecule is Cc1ccc2cc(Oc3ccc(C(=O)N=C(N)N)cc3C(F)(F)F)ccc2[n+]1[O-].Cl. The summed E-state index contributed by atoms with van der Waals surface area (Å²) in [6.07, 6.45) is -4.80. The van der Waals surface area contributed by atoms with Gasteiger partial charge in [-0.3, -0.25) is 4.79 Å². The summed E-state index contributed by atoms with van der Waals surface area (Å²) in [5.41, 5.74) is 9.49. The summed E-state index contributed by atoms with van der Waals surface area (Å²) >= 11 is 0. The molecule has 0 unspecified atom stereocenters. The molecular formula is C19H16ClF3N4O3. The fourth-order valence-electron chi connectivity index (χ4n) is 2.66. The molecule has 0 fully saturated rings. The van der Waals surface area contributed by atoms with Crippen molar-refractivity contribution in [1.29, 1.82) is 0 Å². The molecule has 7 nitrogen and oxygen atoms in total. The van der Waals surface area contributed by atoms with Crippen LogP contribution in [0.2, 0.25) is 0 Å². The highest BCUT2D eigenvalue weighted by Crippen LogP contribution is 2.39. The molecule has 4 N–H and O–H groups in total. The molecule has 0 aliphatic rings. The second-order valence-electron chi connectivity index (χ2n) is 6.14. The number of aryl methyl sites for hydroxylation is 1. The number of halogens is 4. The zero-order valence-electron chi connectivity index (χ0n) is 15.4. The van der Waals surface area contributed by atoms with Gasteiger partial charge in [0.15, 0.2) is 11.7 Å². The number of hydrogen-bond donors (Lipinski definition) is 2. The summed E-state index contributed by atoms with van der Waals surface area (Å²) in [6.45, 7) is 1.64. The van der Waals surface area contributed by atoms with Gasteiger partial charge in [-0.2, -0.15) is 22.9 Å². The van der Waals surface area contributed by atoms with Crippen molar-refractivity contribution < 1.29 is 27.4 Å². The van der Waals surface area contributed by atoms with Gasteiger partial charge in [-0.05, 0) is 36.4 Å². The summed E-state index contributed by atoms with van der Waals surface area (Å²) < 4.78 is 46.6. The number of pyridine rings is 1. The molecule has 1 amide bonds. The first-order chi connectivity index (χ1) is 13.6. The van der Waals surface area contributed by atoms with E-state index in [1.54, 1.807) is 19.1 Å². The van der Waals surface area contributed by atoms with Crippen LogP contribution in [0.25, 0.3) is 10.9 Å². The lowest BCUT2D eigenvalue weighted by atomic mass is 10.1. The minimum Gasteiger partial charge on any atom is -0.618 e. The average molecular weight is 441 g/mol. The van der Waals surface area contributed by atoms with E-state index in [-0.39, 0.29) is 23.7 Å². The molecule has 0 atom stereocenters. The van der Waals surface area contributed by atoms with E-state index in [2.05, 4.69) is 4.99 Å². The Bertz CT molecular complexity index is 1150. The number of hydrogen-bond acceptors (Lipinski definition) is 3. The van der Waals surface area contributed by atoms with Crippen molar-refractivity contribution in [3.05, 3.63) is 70.6 Å². The quantitative estimate of drug-likeness (QED) is 0.280. The molecule has 30 heavy (non-hydrogen) atoms. The average Bonchev–Trinajstić information content (AvgIpc) is 2.63. The highest BCUT2D eigenvalue weighted by atomic mass is 35.5. The Kier molecular flexibility index (Phi) is 6.41. The van der Waals surface area contributed by atoms with Crippen molar-refractivity contribution in [3.63, 3.8) is 0 Å². The van der Waals surface area contributed by atoms with Gasteiger partial charge in [0.05, 0.1) is 10.9 Å². The molecule has 0 saturated carbocycles. The van der Waals surface area contributed by atoms with Gasteiger partial charge in [0.25, 0.3) is 5.91 Å². The van der Waals surface area contributed by atoms with Crippen molar-refractivity contribution in [3.8, 4) is 11.5 Å². The van der Waals surface area contributed by atoms with Gasteiger partial charge in [-0.25, -0.2) is 0 Å². The number of nitrogens with two attached hydrogens (primary N) is 2. The molecule has 0 spiro atoms. The van der Waals surface area contributed by atoms with Crippen LogP contribution in [0.3, 0.4) is 0 Å². The molecule has 11 heteroatoms. The van der Waals surface area contributed by atoms with Gasteiger partial charge in [-0.15, -0.1) is 12.4 Å². The van der Waals surface area contributed by atoms with Crippen LogP contribution in [0.4, 0.5) is 13.2 Å². The van der Waals surface area contributed by atoms with Gasteiger partial charge in [0.1, 0.15) is 11.5 Å². The van der Waals surface area contributed by atoms with Crippen LogP contribution in [0.15, 0.2) is 53.5 Å². The molecule has 1 aromatic heterocycles. The number of aliphatic imine (C=N–C) groups is 1. The first-order valence-corrected chi connectivity index (χ1v) is 8.22. The lowest BCUT2D eigenvalue weighted by Gasteiger charge is -2.15. The highest BCUT2D eigenvalue weighted by molar-refractivity contribution is 6.02. The molecule has 3 rings (SSSR count). The summed E-state index contributed by atoms with van der Waals surface area (Å²) in [7, 11) is 0. The molecule has 158 valence electrons. The molecule has 0 aliphatic carbocycles. The number of fused-ring (bicyclic) bond motifs is 1. The van der Waals surface area contributed by atoms with Gasteiger partial charge >= 0.3 is 6.18 Å². The van der Waals surface area contributed by atoms with Crippen LogP contribution in [0, 0.1) is 12.1 Å². The molecule has 0 aliphatic heterocycles. The third-order valence-electron chi connectivity index (χ3n) is 4.03. The van der Waals surface area contributed by atoms with Crippen LogP contribution in [0.5, 0.6) is 11.5 Å².